The maximum absolute atomic E-state index is 5.24. The monoisotopic (exact) mass is 511 g/mol. The molecular formula is C34H29N3S. The fraction of sp³-hybridized carbons (Fsp3) is 0.176. The number of thiazole rings is 1. The van der Waals surface area contributed by atoms with Crippen molar-refractivity contribution in [1.82, 2.24) is 14.5 Å². The van der Waals surface area contributed by atoms with Crippen molar-refractivity contribution in [3.8, 4) is 5.69 Å². The Bertz CT molecular complexity index is 1950. The first-order chi connectivity index (χ1) is 18.6. The van der Waals surface area contributed by atoms with E-state index in [9.17, 15) is 0 Å². The van der Waals surface area contributed by atoms with E-state index in [1.165, 1.54) is 42.3 Å². The summed E-state index contributed by atoms with van der Waals surface area (Å²) in [6, 6.07) is 34.8. The van der Waals surface area contributed by atoms with Gasteiger partial charge < -0.3 is 0 Å². The lowest BCUT2D eigenvalue weighted by Crippen LogP contribution is -2.08. The van der Waals surface area contributed by atoms with E-state index in [1.54, 1.807) is 0 Å². The summed E-state index contributed by atoms with van der Waals surface area (Å²) in [4.78, 5) is 10.1. The molecule has 0 N–H and O–H groups in total. The highest BCUT2D eigenvalue weighted by Crippen LogP contribution is 2.37. The zero-order valence-corrected chi connectivity index (χ0v) is 22.7. The fourth-order valence-corrected chi connectivity index (χ4v) is 6.79. The van der Waals surface area contributed by atoms with Crippen LogP contribution in [0.1, 0.15) is 49.0 Å². The summed E-state index contributed by atoms with van der Waals surface area (Å²) in [5.74, 6) is 1.75. The molecule has 0 saturated carbocycles. The fourth-order valence-electron chi connectivity index (χ4n) is 5.70. The summed E-state index contributed by atoms with van der Waals surface area (Å²) in [6.45, 7) is 6.74. The number of hydrogen-bond donors (Lipinski definition) is 0. The third-order valence-corrected chi connectivity index (χ3v) is 8.97. The Morgan fingerprint density at radius 1 is 0.684 bits per heavy atom. The van der Waals surface area contributed by atoms with Crippen molar-refractivity contribution in [2.24, 2.45) is 0 Å². The molecule has 4 heteroatoms. The van der Waals surface area contributed by atoms with Crippen LogP contribution < -0.4 is 0 Å². The molecule has 0 bridgehead atoms. The molecule has 0 spiro atoms. The predicted molar refractivity (Wildman–Crippen MR) is 162 cm³/mol. The molecule has 0 aliphatic rings. The van der Waals surface area contributed by atoms with Crippen LogP contribution >= 0.6 is 11.3 Å². The molecule has 3 nitrogen and oxygen atoms in total. The van der Waals surface area contributed by atoms with Gasteiger partial charge >= 0.3 is 0 Å². The van der Waals surface area contributed by atoms with Crippen LogP contribution in [0.3, 0.4) is 0 Å². The average Bonchev–Trinajstić information content (AvgIpc) is 3.57. The summed E-state index contributed by atoms with van der Waals surface area (Å²) in [6.07, 6.45) is 0.910. The summed E-state index contributed by atoms with van der Waals surface area (Å²) in [5.41, 5.74) is 5.84. The van der Waals surface area contributed by atoms with Gasteiger partial charge in [0.2, 0.25) is 0 Å². The number of imidazole rings is 1. The average molecular weight is 512 g/mol. The molecule has 1 atom stereocenters. The Balaban J connectivity index is 1.38. The second kappa shape index (κ2) is 9.07. The molecular weight excluding hydrogens is 482 g/mol. The first-order valence-electron chi connectivity index (χ1n) is 13.3. The quantitative estimate of drug-likeness (QED) is 0.230. The van der Waals surface area contributed by atoms with Crippen LogP contribution in [0, 0.1) is 0 Å². The molecule has 7 aromatic rings. The first kappa shape index (κ1) is 23.1. The van der Waals surface area contributed by atoms with E-state index in [-0.39, 0.29) is 5.92 Å². The first-order valence-corrected chi connectivity index (χ1v) is 14.2. The maximum atomic E-state index is 5.24. The second-order valence-electron chi connectivity index (χ2n) is 10.5. The summed E-state index contributed by atoms with van der Waals surface area (Å²) >= 11 is 1.84. The number of fused-ring (bicyclic) bond motifs is 6. The van der Waals surface area contributed by atoms with Gasteiger partial charge in [0.25, 0.3) is 0 Å². The van der Waals surface area contributed by atoms with Gasteiger partial charge in [0.15, 0.2) is 0 Å². The number of benzene rings is 5. The Kier molecular flexibility index (Phi) is 5.52. The van der Waals surface area contributed by atoms with Crippen LogP contribution in [-0.2, 0) is 6.42 Å². The van der Waals surface area contributed by atoms with E-state index in [2.05, 4.69) is 122 Å². The molecule has 7 rings (SSSR count). The number of para-hydroxylation sites is 1. The van der Waals surface area contributed by atoms with Gasteiger partial charge in [0.1, 0.15) is 5.82 Å². The van der Waals surface area contributed by atoms with E-state index in [4.69, 9.17) is 9.97 Å². The molecule has 0 aliphatic heterocycles. The Hall–Kier alpha value is -4.02. The van der Waals surface area contributed by atoms with Gasteiger partial charge in [0.05, 0.1) is 26.3 Å². The molecule has 2 aromatic heterocycles. The number of aromatic nitrogens is 3. The molecule has 0 aliphatic carbocycles. The van der Waals surface area contributed by atoms with Crippen LogP contribution in [0.15, 0.2) is 97.1 Å². The van der Waals surface area contributed by atoms with Crippen LogP contribution in [0.25, 0.3) is 48.5 Å². The Morgan fingerprint density at radius 2 is 1.45 bits per heavy atom. The van der Waals surface area contributed by atoms with Gasteiger partial charge in [-0.2, -0.15) is 0 Å². The standard InChI is InChI=1S/C34H29N3S/c1-21(2)34-36-30-19-17-26-24(11-9-15-28(26)32(30)38-34)20-22(3)33-35-29-18-16-23-10-7-8-14-27(23)31(29)37(33)25-12-5-4-6-13-25/h4-19,21-22H,20H2,1-3H3. The van der Waals surface area contributed by atoms with Crippen molar-refractivity contribution >= 4 is 54.1 Å². The maximum Gasteiger partial charge on any atom is 0.117 e. The molecule has 5 aromatic carbocycles. The number of hydrogen-bond acceptors (Lipinski definition) is 3. The van der Waals surface area contributed by atoms with Crippen molar-refractivity contribution in [2.75, 3.05) is 0 Å². The molecule has 1 unspecified atom stereocenters. The van der Waals surface area contributed by atoms with Crippen LogP contribution in [-0.4, -0.2) is 14.5 Å². The van der Waals surface area contributed by atoms with Gasteiger partial charge in [-0.1, -0.05) is 93.6 Å². The molecule has 38 heavy (non-hydrogen) atoms. The number of nitrogens with zero attached hydrogens (tertiary/aromatic N) is 3. The smallest absolute Gasteiger partial charge is 0.117 e. The van der Waals surface area contributed by atoms with Crippen molar-refractivity contribution in [1.29, 1.82) is 0 Å². The summed E-state index contributed by atoms with van der Waals surface area (Å²) in [5, 5.41) is 6.30. The van der Waals surface area contributed by atoms with Crippen molar-refractivity contribution in [3.63, 3.8) is 0 Å². The van der Waals surface area contributed by atoms with Gasteiger partial charge in [0, 0.05) is 28.3 Å². The Morgan fingerprint density at radius 3 is 2.29 bits per heavy atom. The Labute approximate surface area is 226 Å². The predicted octanol–water partition coefficient (Wildman–Crippen LogP) is 9.41. The zero-order chi connectivity index (χ0) is 25.8. The normalized spacial score (nSPS) is 12.8. The lowest BCUT2D eigenvalue weighted by molar-refractivity contribution is 0.691. The highest BCUT2D eigenvalue weighted by atomic mass is 32.1. The zero-order valence-electron chi connectivity index (χ0n) is 21.8. The van der Waals surface area contributed by atoms with Crippen LogP contribution in [0.2, 0.25) is 0 Å². The van der Waals surface area contributed by atoms with E-state index in [0.717, 1.165) is 29.0 Å². The molecule has 0 radical (unpaired) electrons. The van der Waals surface area contributed by atoms with Gasteiger partial charge in [-0.05, 0) is 47.0 Å². The van der Waals surface area contributed by atoms with Crippen molar-refractivity contribution < 1.29 is 0 Å². The van der Waals surface area contributed by atoms with E-state index < -0.39 is 0 Å². The molecule has 186 valence electrons. The van der Waals surface area contributed by atoms with Crippen molar-refractivity contribution in [3.05, 3.63) is 113 Å². The summed E-state index contributed by atoms with van der Waals surface area (Å²) in [7, 11) is 0. The van der Waals surface area contributed by atoms with Crippen LogP contribution in [0.4, 0.5) is 0 Å². The lowest BCUT2D eigenvalue weighted by Gasteiger charge is -2.17. The summed E-state index contributed by atoms with van der Waals surface area (Å²) < 4.78 is 3.67. The van der Waals surface area contributed by atoms with Gasteiger partial charge in [-0.15, -0.1) is 11.3 Å². The van der Waals surface area contributed by atoms with Crippen LogP contribution in [0.5, 0.6) is 0 Å². The SMILES string of the molecule is CC(C)c1nc2ccc3c(CC(C)c4nc5ccc6ccccc6c5n4-c4ccccc4)cccc3c2s1. The number of rotatable bonds is 5. The van der Waals surface area contributed by atoms with E-state index in [0.29, 0.717) is 5.92 Å². The topological polar surface area (TPSA) is 30.7 Å². The minimum absolute atomic E-state index is 0.218. The highest BCUT2D eigenvalue weighted by Gasteiger charge is 2.21. The molecule has 0 amide bonds. The molecule has 2 heterocycles. The minimum Gasteiger partial charge on any atom is -0.295 e. The third-order valence-electron chi connectivity index (χ3n) is 7.56. The van der Waals surface area contributed by atoms with E-state index >= 15 is 0 Å². The van der Waals surface area contributed by atoms with Gasteiger partial charge in [-0.3, -0.25) is 4.57 Å². The minimum atomic E-state index is 0.218. The largest absolute Gasteiger partial charge is 0.295 e. The second-order valence-corrected chi connectivity index (χ2v) is 11.6. The lowest BCUT2D eigenvalue weighted by atomic mass is 9.95. The third kappa shape index (κ3) is 3.71. The van der Waals surface area contributed by atoms with Crippen molar-refractivity contribution in [2.45, 2.75) is 39.0 Å². The molecule has 0 fully saturated rings. The van der Waals surface area contributed by atoms with Gasteiger partial charge in [-0.25, -0.2) is 9.97 Å². The highest BCUT2D eigenvalue weighted by molar-refractivity contribution is 7.19. The molecule has 0 saturated heterocycles. The van der Waals surface area contributed by atoms with E-state index in [1.807, 2.05) is 11.3 Å².